The monoisotopic (exact) mass is 499 g/mol. The molecule has 3 aromatic heterocycles. The molecule has 0 radical (unpaired) electrons. The molecule has 0 aliphatic carbocycles. The molecular weight excluding hydrogens is 473 g/mol. The van der Waals surface area contributed by atoms with Crippen molar-refractivity contribution >= 4 is 33.0 Å². The number of halogens is 1. The fourth-order valence-corrected chi connectivity index (χ4v) is 4.87. The number of rotatable bonds is 6. The first kappa shape index (κ1) is 23.2. The second-order valence-corrected chi connectivity index (χ2v) is 11.1. The molecule has 1 aromatic carbocycles. The SMILES string of the molecule is CC(C)c1noc(N2CCC(c3cnc4c(Nc5ccc(S(C)(=O)=O)cc5F)nccn34)CC2)n1. The third-order valence-corrected chi connectivity index (χ3v) is 7.32. The van der Waals surface area contributed by atoms with Crippen LogP contribution in [0.15, 0.2) is 46.2 Å². The molecule has 1 N–H and O–H groups in total. The number of nitrogens with zero attached hydrogens (tertiary/aromatic N) is 6. The van der Waals surface area contributed by atoms with E-state index in [0.29, 0.717) is 23.3 Å². The zero-order valence-electron chi connectivity index (χ0n) is 19.6. The number of aromatic nitrogens is 5. The average molecular weight is 500 g/mol. The van der Waals surface area contributed by atoms with Gasteiger partial charge in [0.1, 0.15) is 5.82 Å². The number of fused-ring (bicyclic) bond motifs is 1. The predicted octanol–water partition coefficient (Wildman–Crippen LogP) is 3.91. The third kappa shape index (κ3) is 4.57. The lowest BCUT2D eigenvalue weighted by Gasteiger charge is -2.30. The molecular formula is C23H26FN7O3S. The number of anilines is 3. The molecule has 0 amide bonds. The van der Waals surface area contributed by atoms with Crippen molar-refractivity contribution in [3.8, 4) is 0 Å². The van der Waals surface area contributed by atoms with Crippen LogP contribution in [-0.4, -0.2) is 52.3 Å². The van der Waals surface area contributed by atoms with Gasteiger partial charge in [-0.05, 0) is 31.0 Å². The van der Waals surface area contributed by atoms with E-state index in [1.165, 1.54) is 12.1 Å². The molecule has 5 rings (SSSR count). The van der Waals surface area contributed by atoms with Crippen molar-refractivity contribution in [2.45, 2.75) is 43.4 Å². The predicted molar refractivity (Wildman–Crippen MR) is 128 cm³/mol. The minimum absolute atomic E-state index is 0.0814. The molecule has 0 bridgehead atoms. The van der Waals surface area contributed by atoms with Crippen LogP contribution in [0.1, 0.15) is 50.0 Å². The summed E-state index contributed by atoms with van der Waals surface area (Å²) >= 11 is 0. The minimum Gasteiger partial charge on any atom is -0.335 e. The second kappa shape index (κ2) is 8.91. The summed E-state index contributed by atoms with van der Waals surface area (Å²) in [5, 5.41) is 7.01. The molecule has 184 valence electrons. The molecule has 0 saturated carbocycles. The van der Waals surface area contributed by atoms with Gasteiger partial charge in [-0.2, -0.15) is 4.98 Å². The van der Waals surface area contributed by atoms with Gasteiger partial charge in [0.2, 0.25) is 0 Å². The molecule has 4 heterocycles. The normalized spacial score (nSPS) is 15.3. The Hall–Kier alpha value is -3.54. The maximum atomic E-state index is 14.6. The number of benzene rings is 1. The summed E-state index contributed by atoms with van der Waals surface area (Å²) in [5.74, 6) is 0.895. The van der Waals surface area contributed by atoms with Gasteiger partial charge in [-0.25, -0.2) is 22.8 Å². The van der Waals surface area contributed by atoms with Gasteiger partial charge >= 0.3 is 6.01 Å². The number of nitrogens with one attached hydrogen (secondary N) is 1. The summed E-state index contributed by atoms with van der Waals surface area (Å²) in [6, 6.07) is 4.30. The molecule has 1 aliphatic rings. The van der Waals surface area contributed by atoms with Crippen molar-refractivity contribution in [3.05, 3.63) is 54.1 Å². The van der Waals surface area contributed by atoms with E-state index in [1.54, 1.807) is 6.20 Å². The van der Waals surface area contributed by atoms with Gasteiger partial charge in [-0.15, -0.1) is 0 Å². The van der Waals surface area contributed by atoms with Crippen molar-refractivity contribution < 1.29 is 17.3 Å². The highest BCUT2D eigenvalue weighted by molar-refractivity contribution is 7.90. The number of imidazole rings is 1. The van der Waals surface area contributed by atoms with Gasteiger partial charge in [0.05, 0.1) is 10.6 Å². The molecule has 35 heavy (non-hydrogen) atoms. The first-order valence-electron chi connectivity index (χ1n) is 11.4. The maximum Gasteiger partial charge on any atom is 0.324 e. The van der Waals surface area contributed by atoms with Crippen LogP contribution in [0, 0.1) is 5.82 Å². The Balaban J connectivity index is 1.34. The third-order valence-electron chi connectivity index (χ3n) is 6.21. The van der Waals surface area contributed by atoms with Crippen molar-refractivity contribution in [1.29, 1.82) is 0 Å². The summed E-state index contributed by atoms with van der Waals surface area (Å²) < 4.78 is 45.3. The van der Waals surface area contributed by atoms with Crippen LogP contribution in [0.3, 0.4) is 0 Å². The van der Waals surface area contributed by atoms with Gasteiger partial charge in [-0.3, -0.25) is 4.40 Å². The van der Waals surface area contributed by atoms with Gasteiger partial charge < -0.3 is 14.7 Å². The average Bonchev–Trinajstić information content (AvgIpc) is 3.48. The Labute approximate surface area is 202 Å². The fourth-order valence-electron chi connectivity index (χ4n) is 4.24. The van der Waals surface area contributed by atoms with E-state index in [-0.39, 0.29) is 22.4 Å². The van der Waals surface area contributed by atoms with E-state index in [4.69, 9.17) is 4.52 Å². The number of piperidine rings is 1. The second-order valence-electron chi connectivity index (χ2n) is 9.04. The Morgan fingerprint density at radius 2 is 1.97 bits per heavy atom. The quantitative estimate of drug-likeness (QED) is 0.421. The molecule has 12 heteroatoms. The van der Waals surface area contributed by atoms with Crippen LogP contribution in [0.5, 0.6) is 0 Å². The van der Waals surface area contributed by atoms with Crippen LogP contribution in [0.4, 0.5) is 21.9 Å². The standard InChI is InChI=1S/C23H26FN7O3S/c1-14(2)20-28-23(34-29-20)30-9-6-15(7-10-30)19-13-26-22-21(25-8-11-31(19)22)27-18-5-4-16(12-17(18)24)35(3,32)33/h4-5,8,11-15H,6-7,9-10H2,1-3H3,(H,25,27). The topological polar surface area (TPSA) is 119 Å². The van der Waals surface area contributed by atoms with Gasteiger partial charge in [-0.1, -0.05) is 19.0 Å². The molecule has 10 nitrogen and oxygen atoms in total. The highest BCUT2D eigenvalue weighted by Gasteiger charge is 2.27. The molecule has 1 saturated heterocycles. The summed E-state index contributed by atoms with van der Waals surface area (Å²) in [5.41, 5.74) is 1.73. The zero-order chi connectivity index (χ0) is 24.7. The van der Waals surface area contributed by atoms with E-state index >= 15 is 0 Å². The molecule has 1 aliphatic heterocycles. The lowest BCUT2D eigenvalue weighted by molar-refractivity contribution is 0.386. The van der Waals surface area contributed by atoms with Crippen molar-refractivity contribution in [3.63, 3.8) is 0 Å². The Bertz CT molecular complexity index is 1470. The van der Waals surface area contributed by atoms with Crippen LogP contribution in [-0.2, 0) is 9.84 Å². The lowest BCUT2D eigenvalue weighted by Crippen LogP contribution is -2.33. The fraction of sp³-hybridized carbons (Fsp3) is 0.391. The van der Waals surface area contributed by atoms with Gasteiger partial charge in [0.25, 0.3) is 0 Å². The van der Waals surface area contributed by atoms with Crippen molar-refractivity contribution in [1.82, 2.24) is 24.5 Å². The van der Waals surface area contributed by atoms with Crippen LogP contribution in [0.2, 0.25) is 0 Å². The molecule has 0 spiro atoms. The first-order valence-corrected chi connectivity index (χ1v) is 13.3. The largest absolute Gasteiger partial charge is 0.335 e. The van der Waals surface area contributed by atoms with E-state index < -0.39 is 15.7 Å². The zero-order valence-corrected chi connectivity index (χ0v) is 20.5. The van der Waals surface area contributed by atoms with E-state index in [0.717, 1.165) is 43.9 Å². The van der Waals surface area contributed by atoms with Gasteiger partial charge in [0, 0.05) is 55.5 Å². The molecule has 0 atom stereocenters. The maximum absolute atomic E-state index is 14.6. The Kier molecular flexibility index (Phi) is 5.91. The number of hydrogen-bond acceptors (Lipinski definition) is 9. The smallest absolute Gasteiger partial charge is 0.324 e. The highest BCUT2D eigenvalue weighted by Crippen LogP contribution is 2.32. The summed E-state index contributed by atoms with van der Waals surface area (Å²) in [7, 11) is -3.50. The van der Waals surface area contributed by atoms with Crippen LogP contribution < -0.4 is 10.2 Å². The highest BCUT2D eigenvalue weighted by atomic mass is 32.2. The molecule has 4 aromatic rings. The number of hydrogen-bond donors (Lipinski definition) is 1. The number of sulfone groups is 1. The summed E-state index contributed by atoms with van der Waals surface area (Å²) in [6.45, 7) is 5.63. The Morgan fingerprint density at radius 3 is 2.63 bits per heavy atom. The van der Waals surface area contributed by atoms with Crippen LogP contribution in [0.25, 0.3) is 5.65 Å². The molecule has 0 unspecified atom stereocenters. The Morgan fingerprint density at radius 1 is 1.20 bits per heavy atom. The molecule has 1 fully saturated rings. The van der Waals surface area contributed by atoms with Crippen molar-refractivity contribution in [2.24, 2.45) is 0 Å². The van der Waals surface area contributed by atoms with Gasteiger partial charge in [0.15, 0.2) is 27.1 Å². The van der Waals surface area contributed by atoms with Crippen molar-refractivity contribution in [2.75, 3.05) is 29.6 Å². The summed E-state index contributed by atoms with van der Waals surface area (Å²) in [4.78, 5) is 15.4. The lowest BCUT2D eigenvalue weighted by atomic mass is 9.94. The minimum atomic E-state index is -3.50. The van der Waals surface area contributed by atoms with E-state index in [1.807, 2.05) is 30.6 Å². The van der Waals surface area contributed by atoms with E-state index in [9.17, 15) is 12.8 Å². The summed E-state index contributed by atoms with van der Waals surface area (Å²) in [6.07, 6.45) is 8.11. The van der Waals surface area contributed by atoms with E-state index in [2.05, 4.69) is 30.3 Å². The van der Waals surface area contributed by atoms with Crippen LogP contribution >= 0.6 is 0 Å². The first-order chi connectivity index (χ1) is 16.7.